The van der Waals surface area contributed by atoms with Gasteiger partial charge in [0.05, 0.1) is 6.04 Å². The molecular weight excluding hydrogens is 266 g/mol. The van der Waals surface area contributed by atoms with Crippen molar-refractivity contribution < 1.29 is 0 Å². The van der Waals surface area contributed by atoms with Crippen LogP contribution in [0.3, 0.4) is 0 Å². The third-order valence-corrected chi connectivity index (χ3v) is 4.62. The lowest BCUT2D eigenvalue weighted by Crippen LogP contribution is -2.10. The molecule has 1 aliphatic rings. The molecule has 0 spiro atoms. The van der Waals surface area contributed by atoms with E-state index in [4.69, 9.17) is 0 Å². The number of hydrogen-bond donors (Lipinski definition) is 0. The van der Waals surface area contributed by atoms with Crippen LogP contribution in [0.25, 0.3) is 22.2 Å². The average Bonchev–Trinajstić information content (AvgIpc) is 2.95. The Balaban J connectivity index is 1.98. The van der Waals surface area contributed by atoms with Crippen molar-refractivity contribution in [1.82, 2.24) is 4.57 Å². The molecule has 0 aliphatic heterocycles. The van der Waals surface area contributed by atoms with Gasteiger partial charge in [-0.2, -0.15) is 0 Å². The van der Waals surface area contributed by atoms with Crippen LogP contribution in [-0.4, -0.2) is 4.57 Å². The smallest absolute Gasteiger partial charge is 0.0522 e. The van der Waals surface area contributed by atoms with E-state index in [0.717, 1.165) is 0 Å². The van der Waals surface area contributed by atoms with E-state index in [1.165, 1.54) is 47.0 Å². The Bertz CT molecular complexity index is 824. The molecule has 1 aromatic heterocycles. The molecule has 1 heteroatoms. The topological polar surface area (TPSA) is 4.93 Å². The predicted molar refractivity (Wildman–Crippen MR) is 94.1 cm³/mol. The fraction of sp³-hybridized carbons (Fsp3) is 0.238. The molecule has 4 rings (SSSR count). The van der Waals surface area contributed by atoms with Gasteiger partial charge in [0.2, 0.25) is 0 Å². The molecule has 0 bridgehead atoms. The molecule has 1 heterocycles. The summed E-state index contributed by atoms with van der Waals surface area (Å²) in [6, 6.07) is 20.4. The van der Waals surface area contributed by atoms with E-state index >= 15 is 0 Å². The molecule has 3 aromatic rings. The number of rotatable bonds is 2. The molecule has 0 fully saturated rings. The SMILES string of the molecule is Cc1ccc2c(c1)cc(-c1ccccc1)n2C1C=CCCC1. The Morgan fingerprint density at radius 3 is 2.64 bits per heavy atom. The van der Waals surface area contributed by atoms with Crippen LogP contribution >= 0.6 is 0 Å². The molecule has 1 aliphatic carbocycles. The second-order valence-corrected chi connectivity index (χ2v) is 6.25. The Kier molecular flexibility index (Phi) is 3.34. The van der Waals surface area contributed by atoms with E-state index in [0.29, 0.717) is 6.04 Å². The van der Waals surface area contributed by atoms with Gasteiger partial charge in [-0.05, 0) is 49.9 Å². The van der Waals surface area contributed by atoms with Gasteiger partial charge in [0.1, 0.15) is 0 Å². The second-order valence-electron chi connectivity index (χ2n) is 6.25. The standard InChI is InChI=1S/C21H21N/c1-16-12-13-20-18(14-16)15-21(17-8-4-2-5-9-17)22(20)19-10-6-3-7-11-19/h2,4-6,8-10,12-15,19H,3,7,11H2,1H3. The highest BCUT2D eigenvalue weighted by molar-refractivity contribution is 5.88. The number of hydrogen-bond acceptors (Lipinski definition) is 0. The zero-order chi connectivity index (χ0) is 14.9. The van der Waals surface area contributed by atoms with Crippen molar-refractivity contribution in [3.63, 3.8) is 0 Å². The van der Waals surface area contributed by atoms with Crippen molar-refractivity contribution in [2.24, 2.45) is 0 Å². The summed E-state index contributed by atoms with van der Waals surface area (Å²) >= 11 is 0. The molecule has 0 radical (unpaired) electrons. The Morgan fingerprint density at radius 2 is 1.86 bits per heavy atom. The van der Waals surface area contributed by atoms with Crippen molar-refractivity contribution in [2.45, 2.75) is 32.2 Å². The highest BCUT2D eigenvalue weighted by atomic mass is 15.0. The average molecular weight is 287 g/mol. The first kappa shape index (κ1) is 13.4. The molecular formula is C21H21N. The van der Waals surface area contributed by atoms with Crippen molar-refractivity contribution >= 4 is 10.9 Å². The van der Waals surface area contributed by atoms with Crippen molar-refractivity contribution in [1.29, 1.82) is 0 Å². The maximum Gasteiger partial charge on any atom is 0.0522 e. The van der Waals surface area contributed by atoms with E-state index in [1.54, 1.807) is 0 Å². The molecule has 0 saturated carbocycles. The van der Waals surface area contributed by atoms with Gasteiger partial charge < -0.3 is 4.57 Å². The lowest BCUT2D eigenvalue weighted by Gasteiger charge is -2.22. The summed E-state index contributed by atoms with van der Waals surface area (Å²) in [5, 5.41) is 1.35. The predicted octanol–water partition coefficient (Wildman–Crippen LogP) is 5.90. The van der Waals surface area contributed by atoms with Crippen molar-refractivity contribution in [2.75, 3.05) is 0 Å². The number of aromatic nitrogens is 1. The highest BCUT2D eigenvalue weighted by Gasteiger charge is 2.18. The third-order valence-electron chi connectivity index (χ3n) is 4.62. The van der Waals surface area contributed by atoms with Crippen LogP contribution in [0.1, 0.15) is 30.9 Å². The maximum atomic E-state index is 2.53. The van der Waals surface area contributed by atoms with E-state index in [2.05, 4.69) is 78.2 Å². The Hall–Kier alpha value is -2.28. The van der Waals surface area contributed by atoms with Gasteiger partial charge in [-0.15, -0.1) is 0 Å². The van der Waals surface area contributed by atoms with Gasteiger partial charge in [0.25, 0.3) is 0 Å². The van der Waals surface area contributed by atoms with Crippen LogP contribution in [0.15, 0.2) is 66.7 Å². The van der Waals surface area contributed by atoms with Gasteiger partial charge in [-0.3, -0.25) is 0 Å². The molecule has 1 unspecified atom stereocenters. The lowest BCUT2D eigenvalue weighted by molar-refractivity contribution is 0.534. The van der Waals surface area contributed by atoms with Crippen LogP contribution in [0, 0.1) is 6.92 Å². The van der Waals surface area contributed by atoms with Crippen molar-refractivity contribution in [3.05, 3.63) is 72.3 Å². The van der Waals surface area contributed by atoms with Gasteiger partial charge >= 0.3 is 0 Å². The van der Waals surface area contributed by atoms with E-state index in [1.807, 2.05) is 0 Å². The monoisotopic (exact) mass is 287 g/mol. The molecule has 110 valence electrons. The first-order valence-electron chi connectivity index (χ1n) is 8.16. The van der Waals surface area contributed by atoms with Gasteiger partial charge in [-0.1, -0.05) is 54.1 Å². The summed E-state index contributed by atoms with van der Waals surface area (Å²) in [6.07, 6.45) is 8.45. The summed E-state index contributed by atoms with van der Waals surface area (Å²) in [5.74, 6) is 0. The molecule has 1 nitrogen and oxygen atoms in total. The minimum Gasteiger partial charge on any atom is -0.333 e. The van der Waals surface area contributed by atoms with Crippen LogP contribution in [0.5, 0.6) is 0 Å². The van der Waals surface area contributed by atoms with E-state index < -0.39 is 0 Å². The Morgan fingerprint density at radius 1 is 1.00 bits per heavy atom. The van der Waals surface area contributed by atoms with Crippen LogP contribution in [0.4, 0.5) is 0 Å². The fourth-order valence-corrected chi connectivity index (χ4v) is 3.55. The zero-order valence-electron chi connectivity index (χ0n) is 13.0. The first-order chi connectivity index (χ1) is 10.8. The normalized spacial score (nSPS) is 18.0. The Labute approximate surface area is 131 Å². The summed E-state index contributed by atoms with van der Waals surface area (Å²) < 4.78 is 2.53. The quantitative estimate of drug-likeness (QED) is 0.517. The number of fused-ring (bicyclic) bond motifs is 1. The van der Waals surface area contributed by atoms with E-state index in [9.17, 15) is 0 Å². The summed E-state index contributed by atoms with van der Waals surface area (Å²) in [6.45, 7) is 2.17. The number of allylic oxidation sites excluding steroid dienone is 2. The molecule has 0 amide bonds. The summed E-state index contributed by atoms with van der Waals surface area (Å²) in [5.41, 5.74) is 5.30. The highest BCUT2D eigenvalue weighted by Crippen LogP contribution is 2.35. The van der Waals surface area contributed by atoms with Gasteiger partial charge in [0, 0.05) is 16.6 Å². The molecule has 22 heavy (non-hydrogen) atoms. The fourth-order valence-electron chi connectivity index (χ4n) is 3.55. The van der Waals surface area contributed by atoms with E-state index in [-0.39, 0.29) is 0 Å². The number of benzene rings is 2. The largest absolute Gasteiger partial charge is 0.333 e. The van der Waals surface area contributed by atoms with Crippen LogP contribution in [0.2, 0.25) is 0 Å². The lowest BCUT2D eigenvalue weighted by atomic mass is 10.0. The molecule has 0 saturated heterocycles. The number of nitrogens with zero attached hydrogens (tertiary/aromatic N) is 1. The van der Waals surface area contributed by atoms with Gasteiger partial charge in [0.15, 0.2) is 0 Å². The van der Waals surface area contributed by atoms with Crippen LogP contribution in [-0.2, 0) is 0 Å². The minimum absolute atomic E-state index is 0.476. The zero-order valence-corrected chi connectivity index (χ0v) is 13.0. The third kappa shape index (κ3) is 2.27. The van der Waals surface area contributed by atoms with Crippen molar-refractivity contribution in [3.8, 4) is 11.3 Å². The van der Waals surface area contributed by atoms with Gasteiger partial charge in [-0.25, -0.2) is 0 Å². The summed E-state index contributed by atoms with van der Waals surface area (Å²) in [4.78, 5) is 0. The minimum atomic E-state index is 0.476. The molecule has 1 atom stereocenters. The van der Waals surface area contributed by atoms with Crippen LogP contribution < -0.4 is 0 Å². The first-order valence-corrected chi connectivity index (χ1v) is 8.16. The maximum absolute atomic E-state index is 2.53. The molecule has 2 aromatic carbocycles. The summed E-state index contributed by atoms with van der Waals surface area (Å²) in [7, 11) is 0. The number of aryl methyl sites for hydroxylation is 1. The molecule has 0 N–H and O–H groups in total. The second kappa shape index (κ2) is 5.49.